The molecule has 0 heterocycles. The van der Waals surface area contributed by atoms with Gasteiger partial charge in [-0.15, -0.1) is 0 Å². The van der Waals surface area contributed by atoms with Crippen molar-refractivity contribution in [2.24, 2.45) is 17.8 Å². The predicted molar refractivity (Wildman–Crippen MR) is 133 cm³/mol. The van der Waals surface area contributed by atoms with Crippen molar-refractivity contribution in [3.05, 3.63) is 35.9 Å². The summed E-state index contributed by atoms with van der Waals surface area (Å²) in [6, 6.07) is 9.60. The predicted octanol–water partition coefficient (Wildman–Crippen LogP) is 2.03. The lowest BCUT2D eigenvalue weighted by Gasteiger charge is -2.24. The van der Waals surface area contributed by atoms with Crippen molar-refractivity contribution < 1.29 is 24.0 Å². The first-order valence-electron chi connectivity index (χ1n) is 11.6. The molecule has 1 aromatic carbocycles. The second-order valence-corrected chi connectivity index (χ2v) is 12.4. The van der Waals surface area contributed by atoms with E-state index < -0.39 is 39.6 Å². The lowest BCUT2D eigenvalue weighted by Crippen LogP contribution is -2.45. The summed E-state index contributed by atoms with van der Waals surface area (Å²) in [5.41, 5.74) is 0.989. The maximum absolute atomic E-state index is 12.9. The number of benzene rings is 1. The first-order chi connectivity index (χ1) is 15.3. The smallest absolute Gasteiger partial charge is 0.224 e. The molecule has 188 valence electrons. The van der Waals surface area contributed by atoms with Crippen LogP contribution in [-0.2, 0) is 26.8 Å². The molecule has 0 fully saturated rings. The molecule has 0 aliphatic rings. The fourth-order valence-corrected chi connectivity index (χ4v) is 4.34. The highest BCUT2D eigenvalue weighted by Gasteiger charge is 2.28. The summed E-state index contributed by atoms with van der Waals surface area (Å²) in [6.07, 6.45) is -1.03. The van der Waals surface area contributed by atoms with Gasteiger partial charge in [0.05, 0.1) is 24.0 Å². The number of amides is 2. The summed E-state index contributed by atoms with van der Waals surface area (Å²) in [5.74, 6) is -1.07. The van der Waals surface area contributed by atoms with Crippen LogP contribution < -0.4 is 10.6 Å². The van der Waals surface area contributed by atoms with E-state index in [1.54, 1.807) is 6.92 Å². The number of carbonyl (C=O) groups is 2. The normalized spacial score (nSPS) is 16.5. The monoisotopic (exact) mass is 482 g/mol. The molecule has 0 aliphatic heterocycles. The summed E-state index contributed by atoms with van der Waals surface area (Å²) in [7, 11) is -1.19. The van der Waals surface area contributed by atoms with E-state index >= 15 is 0 Å². The highest BCUT2D eigenvalue weighted by atomic mass is 32.2. The molecule has 33 heavy (non-hydrogen) atoms. The van der Waals surface area contributed by atoms with Crippen LogP contribution in [0, 0.1) is 17.8 Å². The van der Waals surface area contributed by atoms with Gasteiger partial charge in [-0.3, -0.25) is 13.8 Å². The zero-order chi connectivity index (χ0) is 25.2. The molecular formula is C25H42N2O5S. The van der Waals surface area contributed by atoms with Crippen molar-refractivity contribution in [2.45, 2.75) is 71.3 Å². The molecule has 0 saturated heterocycles. The first kappa shape index (κ1) is 29.3. The fourth-order valence-electron chi connectivity index (χ4n) is 3.20. The third-order valence-electron chi connectivity index (χ3n) is 5.40. The number of rotatable bonds is 13. The molecule has 2 unspecified atom stereocenters. The van der Waals surface area contributed by atoms with E-state index in [1.165, 1.54) is 0 Å². The van der Waals surface area contributed by atoms with E-state index in [1.807, 2.05) is 65.0 Å². The number of hydrogen-bond donors (Lipinski definition) is 4. The van der Waals surface area contributed by atoms with Crippen molar-refractivity contribution in [1.82, 2.24) is 10.6 Å². The van der Waals surface area contributed by atoms with E-state index in [0.717, 1.165) is 5.56 Å². The van der Waals surface area contributed by atoms with Crippen molar-refractivity contribution in [2.75, 3.05) is 18.8 Å². The van der Waals surface area contributed by atoms with Crippen LogP contribution >= 0.6 is 0 Å². The van der Waals surface area contributed by atoms with Crippen molar-refractivity contribution in [3.63, 3.8) is 0 Å². The fraction of sp³-hybridized carbons (Fsp3) is 0.680. The molecule has 1 rings (SSSR count). The molecule has 2 amide bonds. The molecular weight excluding hydrogens is 440 g/mol. The Kier molecular flexibility index (Phi) is 12.3. The minimum atomic E-state index is -1.19. The van der Waals surface area contributed by atoms with Gasteiger partial charge in [0.25, 0.3) is 0 Å². The van der Waals surface area contributed by atoms with Gasteiger partial charge in [0.2, 0.25) is 11.8 Å². The summed E-state index contributed by atoms with van der Waals surface area (Å²) >= 11 is 0. The Balaban J connectivity index is 2.65. The largest absolute Gasteiger partial charge is 0.390 e. The zero-order valence-corrected chi connectivity index (χ0v) is 21.7. The summed E-state index contributed by atoms with van der Waals surface area (Å²) < 4.78 is 12.3. The maximum atomic E-state index is 12.9. The highest BCUT2D eigenvalue weighted by molar-refractivity contribution is 7.86. The molecule has 7 nitrogen and oxygen atoms in total. The van der Waals surface area contributed by atoms with Gasteiger partial charge in [-0.1, -0.05) is 51.1 Å². The van der Waals surface area contributed by atoms with Crippen LogP contribution in [-0.4, -0.2) is 62.0 Å². The number of hydrogen-bond acceptors (Lipinski definition) is 5. The minimum Gasteiger partial charge on any atom is -0.390 e. The Morgan fingerprint density at radius 1 is 0.939 bits per heavy atom. The molecule has 0 radical (unpaired) electrons. The summed E-state index contributed by atoms with van der Waals surface area (Å²) in [6.45, 7) is 11.3. The number of aliphatic hydroxyl groups excluding tert-OH is 2. The lowest BCUT2D eigenvalue weighted by atomic mass is 10.00. The molecule has 0 spiro atoms. The van der Waals surface area contributed by atoms with Gasteiger partial charge in [-0.05, 0) is 45.1 Å². The standard InChI is InChI=1S/C25H42N2O5S/c1-17(2)12-21(28)22(29)15-27-23(30)18(3)14-26-24(31)20(16-33(32)25(4,5)6)13-19-10-8-7-9-11-19/h7-11,17-18,20-22,28-29H,12-16H2,1-6H3,(H,26,31)(H,27,30)/t18-,20?,21+,22-,33?/m1/s1. The van der Waals surface area contributed by atoms with Crippen LogP contribution in [0.15, 0.2) is 30.3 Å². The highest BCUT2D eigenvalue weighted by Crippen LogP contribution is 2.18. The zero-order valence-electron chi connectivity index (χ0n) is 20.8. The molecule has 8 heteroatoms. The molecule has 1 aromatic rings. The Bertz CT molecular complexity index is 764. The van der Waals surface area contributed by atoms with E-state index in [-0.39, 0.29) is 36.6 Å². The van der Waals surface area contributed by atoms with Crippen molar-refractivity contribution in [1.29, 1.82) is 0 Å². The lowest BCUT2D eigenvalue weighted by molar-refractivity contribution is -0.126. The Morgan fingerprint density at radius 2 is 1.52 bits per heavy atom. The molecule has 0 aromatic heterocycles. The van der Waals surface area contributed by atoms with Crippen LogP contribution in [0.1, 0.15) is 53.5 Å². The van der Waals surface area contributed by atoms with E-state index in [2.05, 4.69) is 10.6 Å². The Morgan fingerprint density at radius 3 is 2.06 bits per heavy atom. The molecule has 4 N–H and O–H groups in total. The van der Waals surface area contributed by atoms with E-state index in [0.29, 0.717) is 12.8 Å². The Hall–Kier alpha value is -1.77. The van der Waals surface area contributed by atoms with Gasteiger partial charge < -0.3 is 20.8 Å². The first-order valence-corrected chi connectivity index (χ1v) is 13.0. The van der Waals surface area contributed by atoms with Gasteiger partial charge in [0, 0.05) is 34.4 Å². The third-order valence-corrected chi connectivity index (χ3v) is 7.47. The molecule has 0 bridgehead atoms. The van der Waals surface area contributed by atoms with E-state index in [4.69, 9.17) is 0 Å². The van der Waals surface area contributed by atoms with Crippen LogP contribution in [0.5, 0.6) is 0 Å². The molecule has 0 saturated carbocycles. The minimum absolute atomic E-state index is 0.0494. The topological polar surface area (TPSA) is 116 Å². The van der Waals surface area contributed by atoms with Gasteiger partial charge in [-0.2, -0.15) is 0 Å². The number of nitrogens with one attached hydrogen (secondary N) is 2. The number of aliphatic hydroxyl groups is 2. The average molecular weight is 483 g/mol. The van der Waals surface area contributed by atoms with Crippen LogP contribution in [0.4, 0.5) is 0 Å². The van der Waals surface area contributed by atoms with Crippen molar-refractivity contribution in [3.8, 4) is 0 Å². The maximum Gasteiger partial charge on any atom is 0.224 e. The quantitative estimate of drug-likeness (QED) is 0.343. The second kappa shape index (κ2) is 13.8. The van der Waals surface area contributed by atoms with Gasteiger partial charge >= 0.3 is 0 Å². The summed E-state index contributed by atoms with van der Waals surface area (Å²) in [5, 5.41) is 25.4. The van der Waals surface area contributed by atoms with Gasteiger partial charge in [0.1, 0.15) is 0 Å². The molecule has 5 atom stereocenters. The second-order valence-electron chi connectivity index (χ2n) is 10.2. The average Bonchev–Trinajstić information content (AvgIpc) is 2.74. The Labute approximate surface area is 201 Å². The van der Waals surface area contributed by atoms with Gasteiger partial charge in [0.15, 0.2) is 0 Å². The van der Waals surface area contributed by atoms with E-state index in [9.17, 15) is 24.0 Å². The summed E-state index contributed by atoms with van der Waals surface area (Å²) in [4.78, 5) is 25.3. The van der Waals surface area contributed by atoms with Crippen molar-refractivity contribution >= 4 is 22.6 Å². The van der Waals surface area contributed by atoms with Crippen LogP contribution in [0.3, 0.4) is 0 Å². The SMILES string of the molecule is CC(C)C[C@H](O)[C@H](O)CNC(=O)[C@H](C)CNC(=O)C(Cc1ccccc1)CS(=O)C(C)(C)C. The molecule has 0 aliphatic carbocycles. The van der Waals surface area contributed by atoms with Crippen LogP contribution in [0.25, 0.3) is 0 Å². The third kappa shape index (κ3) is 11.3. The van der Waals surface area contributed by atoms with Gasteiger partial charge in [-0.25, -0.2) is 0 Å². The van der Waals surface area contributed by atoms with Crippen LogP contribution in [0.2, 0.25) is 0 Å². The number of carbonyl (C=O) groups excluding carboxylic acids is 2.